The summed E-state index contributed by atoms with van der Waals surface area (Å²) >= 11 is 8.85. The quantitative estimate of drug-likeness (QED) is 0.449. The predicted molar refractivity (Wildman–Crippen MR) is 109 cm³/mol. The number of carboxylic acid groups (broad SMARTS) is 2. The van der Waals surface area contributed by atoms with Crippen LogP contribution in [0, 0.1) is 10.8 Å². The molecule has 2 rings (SSSR count). The van der Waals surface area contributed by atoms with Crippen LogP contribution < -0.4 is 0 Å². The second-order valence-electron chi connectivity index (χ2n) is 7.19. The zero-order valence-electron chi connectivity index (χ0n) is 16.2. The van der Waals surface area contributed by atoms with Crippen molar-refractivity contribution < 1.29 is 24.5 Å². The van der Waals surface area contributed by atoms with E-state index in [1.807, 2.05) is 0 Å². The molecule has 0 amide bonds. The molecular formula is C20H25AsClNO5. The first kappa shape index (κ1) is 22.9. The molecule has 2 radical (unpaired) electrons. The zero-order chi connectivity index (χ0) is 21.1. The van der Waals surface area contributed by atoms with Gasteiger partial charge in [-0.3, -0.25) is 0 Å². The van der Waals surface area contributed by atoms with Crippen molar-refractivity contribution in [3.63, 3.8) is 0 Å². The Labute approximate surface area is 178 Å². The number of carbonyl (C=O) groups is 2. The Morgan fingerprint density at radius 1 is 1.29 bits per heavy atom. The molecule has 0 fully saturated rings. The third-order valence-electron chi connectivity index (χ3n) is 5.94. The fourth-order valence-corrected chi connectivity index (χ4v) is 4.79. The van der Waals surface area contributed by atoms with Gasteiger partial charge in [-0.2, -0.15) is 0 Å². The Morgan fingerprint density at radius 2 is 1.93 bits per heavy atom. The number of benzene rings is 1. The number of halogens is 1. The van der Waals surface area contributed by atoms with E-state index in [0.717, 1.165) is 5.21 Å². The van der Waals surface area contributed by atoms with E-state index in [-0.39, 0.29) is 13.0 Å². The predicted octanol–water partition coefficient (Wildman–Crippen LogP) is 3.44. The third kappa shape index (κ3) is 3.62. The van der Waals surface area contributed by atoms with E-state index in [4.69, 9.17) is 16.3 Å². The molecule has 4 unspecified atom stereocenters. The van der Waals surface area contributed by atoms with E-state index >= 15 is 0 Å². The van der Waals surface area contributed by atoms with Crippen LogP contribution in [0.1, 0.15) is 38.7 Å². The minimum atomic E-state index is -1.52. The summed E-state index contributed by atoms with van der Waals surface area (Å²) in [7, 11) is 0. The number of rotatable bonds is 8. The molecule has 28 heavy (non-hydrogen) atoms. The molecule has 1 aliphatic heterocycles. The normalized spacial score (nSPS) is 30.0. The van der Waals surface area contributed by atoms with Crippen LogP contribution in [0.3, 0.4) is 0 Å². The standard InChI is InChI=1S/C20H25AsClNO5/c1-4-20(18(26)27)15(11-28-10-9-21)23-12(2)19(3,17(24)25)16(20)13-7-5-6-8-14(13)22/h5-8,15-16H,4,9-11H2,1-3H3,(H,24,25)(H,26,27). The maximum atomic E-state index is 12.7. The molecule has 2 N–H and O–H groups in total. The van der Waals surface area contributed by atoms with Crippen molar-refractivity contribution in [2.75, 3.05) is 13.2 Å². The van der Waals surface area contributed by atoms with Crippen molar-refractivity contribution in [1.29, 1.82) is 0 Å². The van der Waals surface area contributed by atoms with Gasteiger partial charge in [-0.1, -0.05) is 0 Å². The van der Waals surface area contributed by atoms with E-state index < -0.39 is 34.7 Å². The van der Waals surface area contributed by atoms with Gasteiger partial charge in [-0.25, -0.2) is 0 Å². The van der Waals surface area contributed by atoms with Crippen molar-refractivity contribution in [3.8, 4) is 0 Å². The van der Waals surface area contributed by atoms with E-state index in [0.29, 0.717) is 22.9 Å². The number of aliphatic carboxylic acids is 2. The van der Waals surface area contributed by atoms with Gasteiger partial charge < -0.3 is 0 Å². The Bertz CT molecular complexity index is 786. The van der Waals surface area contributed by atoms with Gasteiger partial charge >= 0.3 is 179 Å². The summed E-state index contributed by atoms with van der Waals surface area (Å²) in [5.74, 6) is -3.12. The van der Waals surface area contributed by atoms with Gasteiger partial charge in [0.15, 0.2) is 0 Å². The Balaban J connectivity index is 2.82. The van der Waals surface area contributed by atoms with Crippen LogP contribution >= 0.6 is 11.6 Å². The molecule has 0 bridgehead atoms. The fourth-order valence-electron chi connectivity index (χ4n) is 4.28. The van der Waals surface area contributed by atoms with Gasteiger partial charge in [0.25, 0.3) is 0 Å². The SMILES string of the molecule is CCC1(C(=O)O)C(COCC[As])N=C(C)C(C)(C(=O)O)C1c1ccccc1Cl. The summed E-state index contributed by atoms with van der Waals surface area (Å²) in [6, 6.07) is 6.13. The van der Waals surface area contributed by atoms with E-state index in [1.165, 1.54) is 6.92 Å². The van der Waals surface area contributed by atoms with Gasteiger partial charge in [0, 0.05) is 0 Å². The van der Waals surface area contributed by atoms with Crippen molar-refractivity contribution >= 4 is 46.1 Å². The van der Waals surface area contributed by atoms with Gasteiger partial charge in [0.1, 0.15) is 0 Å². The topological polar surface area (TPSA) is 96.2 Å². The van der Waals surface area contributed by atoms with Crippen LogP contribution in [-0.2, 0) is 14.3 Å². The van der Waals surface area contributed by atoms with Crippen LogP contribution in [0.5, 0.6) is 0 Å². The van der Waals surface area contributed by atoms with Crippen LogP contribution in [0.15, 0.2) is 29.3 Å². The molecule has 4 atom stereocenters. The van der Waals surface area contributed by atoms with Crippen LogP contribution in [-0.4, -0.2) is 64.0 Å². The molecule has 1 aromatic rings. The summed E-state index contributed by atoms with van der Waals surface area (Å²) in [5.41, 5.74) is -2.11. The molecule has 1 heterocycles. The molecular weight excluding hydrogens is 445 g/mol. The number of hydrogen-bond donors (Lipinski definition) is 2. The monoisotopic (exact) mass is 469 g/mol. The van der Waals surface area contributed by atoms with Crippen molar-refractivity contribution in [2.45, 2.75) is 44.4 Å². The Morgan fingerprint density at radius 3 is 2.43 bits per heavy atom. The average molecular weight is 470 g/mol. The van der Waals surface area contributed by atoms with E-state index in [9.17, 15) is 19.8 Å². The molecule has 0 aromatic heterocycles. The summed E-state index contributed by atoms with van der Waals surface area (Å²) in [4.78, 5) is 29.7. The molecule has 0 saturated heterocycles. The molecule has 0 saturated carbocycles. The summed E-state index contributed by atoms with van der Waals surface area (Å²) in [6.07, 6.45) is 0.189. The summed E-state index contributed by atoms with van der Waals surface area (Å²) < 4.78 is 5.65. The number of carboxylic acids is 2. The first-order valence-electron chi connectivity index (χ1n) is 9.12. The van der Waals surface area contributed by atoms with Crippen LogP contribution in [0.25, 0.3) is 0 Å². The van der Waals surface area contributed by atoms with Crippen molar-refractivity contribution in [1.82, 2.24) is 0 Å². The second kappa shape index (κ2) is 8.98. The molecule has 152 valence electrons. The Kier molecular flexibility index (Phi) is 7.35. The zero-order valence-corrected chi connectivity index (χ0v) is 18.8. The molecule has 0 aliphatic carbocycles. The van der Waals surface area contributed by atoms with Crippen LogP contribution in [0.4, 0.5) is 0 Å². The number of nitrogens with zero attached hydrogens (tertiary/aromatic N) is 1. The fraction of sp³-hybridized carbons (Fsp3) is 0.550. The maximum absolute atomic E-state index is 12.7. The molecule has 1 aromatic carbocycles. The van der Waals surface area contributed by atoms with E-state index in [1.54, 1.807) is 38.1 Å². The first-order chi connectivity index (χ1) is 13.2. The van der Waals surface area contributed by atoms with Gasteiger partial charge in [-0.15, -0.1) is 0 Å². The van der Waals surface area contributed by atoms with Crippen molar-refractivity contribution in [3.05, 3.63) is 34.9 Å². The van der Waals surface area contributed by atoms with Crippen LogP contribution in [0.2, 0.25) is 10.2 Å². The number of aliphatic imine (C=N–C) groups is 1. The summed E-state index contributed by atoms with van der Waals surface area (Å²) in [5, 5.41) is 21.6. The average Bonchev–Trinajstić information content (AvgIpc) is 2.64. The summed E-state index contributed by atoms with van der Waals surface area (Å²) in [6.45, 7) is 5.49. The molecule has 6 nitrogen and oxygen atoms in total. The van der Waals surface area contributed by atoms with E-state index in [2.05, 4.69) is 21.8 Å². The molecule has 1 aliphatic rings. The van der Waals surface area contributed by atoms with Gasteiger partial charge in [0.05, 0.1) is 0 Å². The number of hydrogen-bond acceptors (Lipinski definition) is 4. The van der Waals surface area contributed by atoms with Gasteiger partial charge in [0.2, 0.25) is 0 Å². The number of ether oxygens (including phenoxy) is 1. The minimum absolute atomic E-state index is 0.103. The first-order valence-corrected chi connectivity index (χ1v) is 10.8. The second-order valence-corrected chi connectivity index (χ2v) is 8.54. The Hall–Kier alpha value is -1.36. The third-order valence-corrected chi connectivity index (χ3v) is 6.67. The van der Waals surface area contributed by atoms with Crippen molar-refractivity contribution in [2.24, 2.45) is 15.8 Å². The molecule has 0 spiro atoms. The molecule has 8 heteroatoms. The van der Waals surface area contributed by atoms with Gasteiger partial charge in [-0.05, 0) is 0 Å².